The highest BCUT2D eigenvalue weighted by molar-refractivity contribution is 6.33. The highest BCUT2D eigenvalue weighted by Crippen LogP contribution is 2.38. The molecule has 0 saturated carbocycles. The second-order valence-corrected chi connectivity index (χ2v) is 5.29. The SMILES string of the molecule is COC(=O)C1=C(C(=O)OC)N(c2cc(C(F)(F)F)ccc2Cl)COC1. The zero-order valence-electron chi connectivity index (χ0n) is 13.1. The zero-order valence-corrected chi connectivity index (χ0v) is 13.9. The summed E-state index contributed by atoms with van der Waals surface area (Å²) in [5.74, 6) is -1.80. The van der Waals surface area contributed by atoms with E-state index in [1.54, 1.807) is 0 Å². The monoisotopic (exact) mass is 379 g/mol. The maximum absolute atomic E-state index is 13.0. The Bertz CT molecular complexity index is 732. The first-order chi connectivity index (χ1) is 11.7. The Balaban J connectivity index is 2.63. The van der Waals surface area contributed by atoms with E-state index in [2.05, 4.69) is 9.47 Å². The molecule has 1 aliphatic rings. The van der Waals surface area contributed by atoms with Crippen LogP contribution in [0.1, 0.15) is 5.56 Å². The molecule has 0 saturated heterocycles. The van der Waals surface area contributed by atoms with Crippen LogP contribution in [0.2, 0.25) is 5.02 Å². The van der Waals surface area contributed by atoms with Crippen LogP contribution in [0.3, 0.4) is 0 Å². The van der Waals surface area contributed by atoms with E-state index in [4.69, 9.17) is 16.3 Å². The van der Waals surface area contributed by atoms with E-state index in [0.29, 0.717) is 0 Å². The zero-order chi connectivity index (χ0) is 18.8. The molecule has 0 aliphatic carbocycles. The second kappa shape index (κ2) is 7.32. The molecule has 1 heterocycles. The van der Waals surface area contributed by atoms with Crippen LogP contribution in [0.25, 0.3) is 0 Å². The summed E-state index contributed by atoms with van der Waals surface area (Å²) in [7, 11) is 2.17. The maximum atomic E-state index is 13.0. The predicted octanol–water partition coefficient (Wildman–Crippen LogP) is 2.75. The lowest BCUT2D eigenvalue weighted by molar-refractivity contribution is -0.140. The fourth-order valence-electron chi connectivity index (χ4n) is 2.23. The lowest BCUT2D eigenvalue weighted by atomic mass is 10.1. The summed E-state index contributed by atoms with van der Waals surface area (Å²) >= 11 is 6.00. The number of ether oxygens (including phenoxy) is 3. The van der Waals surface area contributed by atoms with Gasteiger partial charge in [-0.2, -0.15) is 13.2 Å². The van der Waals surface area contributed by atoms with Crippen molar-refractivity contribution in [1.82, 2.24) is 0 Å². The number of alkyl halides is 3. The van der Waals surface area contributed by atoms with Crippen molar-refractivity contribution in [2.24, 2.45) is 0 Å². The molecule has 1 aromatic rings. The number of esters is 2. The van der Waals surface area contributed by atoms with Crippen molar-refractivity contribution in [3.8, 4) is 0 Å². The van der Waals surface area contributed by atoms with Gasteiger partial charge in [0.2, 0.25) is 0 Å². The van der Waals surface area contributed by atoms with E-state index in [9.17, 15) is 22.8 Å². The van der Waals surface area contributed by atoms with Gasteiger partial charge in [-0.1, -0.05) is 11.6 Å². The van der Waals surface area contributed by atoms with Crippen LogP contribution < -0.4 is 4.90 Å². The molecule has 6 nitrogen and oxygen atoms in total. The topological polar surface area (TPSA) is 65.1 Å². The first-order valence-corrected chi connectivity index (χ1v) is 7.20. The highest BCUT2D eigenvalue weighted by atomic mass is 35.5. The quantitative estimate of drug-likeness (QED) is 0.752. The number of halogens is 4. The molecule has 0 aromatic heterocycles. The summed E-state index contributed by atoms with van der Waals surface area (Å²) in [4.78, 5) is 25.0. The van der Waals surface area contributed by atoms with Gasteiger partial charge in [-0.15, -0.1) is 0 Å². The number of hydrogen-bond donors (Lipinski definition) is 0. The van der Waals surface area contributed by atoms with Gasteiger partial charge in [0, 0.05) is 0 Å². The molecule has 0 bridgehead atoms. The van der Waals surface area contributed by atoms with Crippen LogP contribution in [0.4, 0.5) is 18.9 Å². The molecule has 2 rings (SSSR count). The minimum atomic E-state index is -4.61. The van der Waals surface area contributed by atoms with E-state index >= 15 is 0 Å². The summed E-state index contributed by atoms with van der Waals surface area (Å²) in [6.07, 6.45) is -4.61. The number of nitrogens with zero attached hydrogens (tertiary/aromatic N) is 1. The van der Waals surface area contributed by atoms with Crippen molar-refractivity contribution in [2.75, 3.05) is 32.5 Å². The van der Waals surface area contributed by atoms with Gasteiger partial charge in [0.05, 0.1) is 42.7 Å². The van der Waals surface area contributed by atoms with Crippen LogP contribution in [-0.4, -0.2) is 39.5 Å². The van der Waals surface area contributed by atoms with Gasteiger partial charge in [-0.3, -0.25) is 0 Å². The Kier molecular flexibility index (Phi) is 5.58. The molecule has 0 atom stereocenters. The predicted molar refractivity (Wildman–Crippen MR) is 80.8 cm³/mol. The molecule has 0 amide bonds. The lowest BCUT2D eigenvalue weighted by Crippen LogP contribution is -2.39. The lowest BCUT2D eigenvalue weighted by Gasteiger charge is -2.32. The Labute approximate surface area is 145 Å². The minimum absolute atomic E-state index is 0.0656. The Morgan fingerprint density at radius 2 is 1.84 bits per heavy atom. The summed E-state index contributed by atoms with van der Waals surface area (Å²) in [6.45, 7) is -0.559. The van der Waals surface area contributed by atoms with Crippen molar-refractivity contribution in [2.45, 2.75) is 6.18 Å². The van der Waals surface area contributed by atoms with Crippen LogP contribution in [0.15, 0.2) is 29.5 Å². The van der Waals surface area contributed by atoms with Crippen molar-refractivity contribution < 1.29 is 37.0 Å². The number of rotatable bonds is 3. The molecule has 0 fully saturated rings. The summed E-state index contributed by atoms with van der Waals surface area (Å²) in [6, 6.07) is 2.61. The molecule has 0 N–H and O–H groups in total. The van der Waals surface area contributed by atoms with E-state index < -0.39 is 23.7 Å². The van der Waals surface area contributed by atoms with Gasteiger partial charge in [-0.25, -0.2) is 9.59 Å². The molecule has 25 heavy (non-hydrogen) atoms. The van der Waals surface area contributed by atoms with Crippen LogP contribution in [0, 0.1) is 0 Å². The van der Waals surface area contributed by atoms with Gasteiger partial charge in [-0.05, 0) is 18.2 Å². The highest BCUT2D eigenvalue weighted by Gasteiger charge is 2.36. The van der Waals surface area contributed by atoms with E-state index in [-0.39, 0.29) is 35.3 Å². The molecule has 1 aliphatic heterocycles. The van der Waals surface area contributed by atoms with Crippen molar-refractivity contribution >= 4 is 29.2 Å². The molecule has 0 unspecified atom stereocenters. The summed E-state index contributed by atoms with van der Waals surface area (Å²) in [5, 5.41) is -0.0656. The average molecular weight is 380 g/mol. The van der Waals surface area contributed by atoms with E-state index in [1.165, 1.54) is 0 Å². The van der Waals surface area contributed by atoms with E-state index in [0.717, 1.165) is 37.3 Å². The van der Waals surface area contributed by atoms with Gasteiger partial charge >= 0.3 is 18.1 Å². The second-order valence-electron chi connectivity index (χ2n) is 4.88. The molecular formula is C15H13ClF3NO5. The van der Waals surface area contributed by atoms with Gasteiger partial charge in [0.25, 0.3) is 0 Å². The normalized spacial score (nSPS) is 15.2. The number of anilines is 1. The minimum Gasteiger partial charge on any atom is -0.466 e. The Hall–Kier alpha value is -2.26. The number of carbonyl (C=O) groups excluding carboxylic acids is 2. The Morgan fingerprint density at radius 3 is 2.40 bits per heavy atom. The molecular weight excluding hydrogens is 367 g/mol. The summed E-state index contributed by atoms with van der Waals surface area (Å²) in [5.41, 5.74) is -1.60. The largest absolute Gasteiger partial charge is 0.466 e. The van der Waals surface area contributed by atoms with Gasteiger partial charge in [0.15, 0.2) is 0 Å². The Morgan fingerprint density at radius 1 is 1.20 bits per heavy atom. The first kappa shape index (κ1) is 19.1. The third kappa shape index (κ3) is 3.88. The number of benzene rings is 1. The number of methoxy groups -OCH3 is 2. The fourth-order valence-corrected chi connectivity index (χ4v) is 2.45. The summed E-state index contributed by atoms with van der Waals surface area (Å²) < 4.78 is 53.3. The fraction of sp³-hybridized carbons (Fsp3) is 0.333. The third-order valence-corrected chi connectivity index (χ3v) is 3.72. The molecule has 10 heteroatoms. The van der Waals surface area contributed by atoms with Crippen LogP contribution in [-0.2, 0) is 30.0 Å². The third-order valence-electron chi connectivity index (χ3n) is 3.40. The van der Waals surface area contributed by atoms with Crippen LogP contribution in [0.5, 0.6) is 0 Å². The average Bonchev–Trinajstić information content (AvgIpc) is 2.59. The van der Waals surface area contributed by atoms with Crippen LogP contribution >= 0.6 is 11.6 Å². The molecule has 136 valence electrons. The van der Waals surface area contributed by atoms with Gasteiger partial charge < -0.3 is 19.1 Å². The molecule has 0 radical (unpaired) electrons. The first-order valence-electron chi connectivity index (χ1n) is 6.82. The number of hydrogen-bond acceptors (Lipinski definition) is 6. The molecule has 0 spiro atoms. The van der Waals surface area contributed by atoms with Crippen molar-refractivity contribution in [3.05, 3.63) is 40.1 Å². The maximum Gasteiger partial charge on any atom is 0.416 e. The standard InChI is InChI=1S/C15H13ClF3NO5/c1-23-13(21)9-6-25-7-20(12(9)14(22)24-2)11-5-8(15(17,18)19)3-4-10(11)16/h3-5H,6-7H2,1-2H3. The van der Waals surface area contributed by atoms with Crippen molar-refractivity contribution in [1.29, 1.82) is 0 Å². The molecule has 1 aromatic carbocycles. The van der Waals surface area contributed by atoms with Crippen molar-refractivity contribution in [3.63, 3.8) is 0 Å². The van der Waals surface area contributed by atoms with E-state index in [1.807, 2.05) is 0 Å². The van der Waals surface area contributed by atoms with Gasteiger partial charge in [0.1, 0.15) is 12.4 Å². The number of carbonyl (C=O) groups is 2. The smallest absolute Gasteiger partial charge is 0.416 e.